The van der Waals surface area contributed by atoms with Crippen LogP contribution < -0.4 is 15.8 Å². The number of carbonyl (C=O) groups excluding carboxylic acids is 1. The lowest BCUT2D eigenvalue weighted by Gasteiger charge is -2.54. The summed E-state index contributed by atoms with van der Waals surface area (Å²) in [6, 6.07) is 2.84. The third kappa shape index (κ3) is 2.85. The second kappa shape index (κ2) is 5.67. The standard InChI is InChI=1S/C17H21FN4O3/c18-12-5-10(6-13-11(12)8-20-22-13)25-9-15(24)21-16-1-3-17(19,4-2-16)14(23)7-16/h5-6,8,14,23H,1-4,7,9,19H2,(H,20,22)(H,21,24)/t14-,16?,17?/m0/s1. The smallest absolute Gasteiger partial charge is 0.258 e. The first-order chi connectivity index (χ1) is 11.9. The number of benzene rings is 1. The molecule has 0 saturated heterocycles. The van der Waals surface area contributed by atoms with Gasteiger partial charge in [0.05, 0.1) is 23.2 Å². The molecule has 3 aliphatic carbocycles. The maximum absolute atomic E-state index is 13.9. The molecule has 25 heavy (non-hydrogen) atoms. The van der Waals surface area contributed by atoms with E-state index in [1.165, 1.54) is 12.3 Å². The van der Waals surface area contributed by atoms with Gasteiger partial charge in [-0.1, -0.05) is 0 Å². The normalized spacial score (nSPS) is 31.2. The molecule has 3 fully saturated rings. The number of nitrogens with two attached hydrogens (primary N) is 1. The summed E-state index contributed by atoms with van der Waals surface area (Å²) in [6.45, 7) is -0.218. The lowest BCUT2D eigenvalue weighted by atomic mass is 9.60. The molecule has 2 bridgehead atoms. The van der Waals surface area contributed by atoms with Crippen LogP contribution >= 0.6 is 0 Å². The summed E-state index contributed by atoms with van der Waals surface area (Å²) in [5, 5.41) is 20.0. The Kier molecular flexibility index (Phi) is 3.69. The van der Waals surface area contributed by atoms with Crippen LogP contribution in [0.5, 0.6) is 5.75 Å². The number of nitrogens with one attached hydrogen (secondary N) is 2. The zero-order valence-electron chi connectivity index (χ0n) is 13.7. The Bertz CT molecular complexity index is 813. The molecule has 2 aromatic rings. The topological polar surface area (TPSA) is 113 Å². The molecule has 134 valence electrons. The first-order valence-corrected chi connectivity index (χ1v) is 8.43. The van der Waals surface area contributed by atoms with Crippen molar-refractivity contribution in [3.05, 3.63) is 24.1 Å². The third-order valence-corrected chi connectivity index (χ3v) is 5.64. The minimum atomic E-state index is -0.604. The Morgan fingerprint density at radius 2 is 2.20 bits per heavy atom. The van der Waals surface area contributed by atoms with E-state index in [0.29, 0.717) is 30.2 Å². The molecule has 1 atom stereocenters. The Labute approximate surface area is 143 Å². The number of aliphatic hydroxyl groups excluding tert-OH is 1. The van der Waals surface area contributed by atoms with E-state index in [1.54, 1.807) is 6.07 Å². The molecular formula is C17H21FN4O3. The highest BCUT2D eigenvalue weighted by molar-refractivity contribution is 5.81. The number of hydrogen-bond acceptors (Lipinski definition) is 5. The van der Waals surface area contributed by atoms with Crippen molar-refractivity contribution in [1.82, 2.24) is 15.5 Å². The fraction of sp³-hybridized carbons (Fsp3) is 0.529. The number of aromatic nitrogens is 2. The number of nitrogens with zero attached hydrogens (tertiary/aromatic N) is 1. The van der Waals surface area contributed by atoms with E-state index in [0.717, 1.165) is 12.8 Å². The average Bonchev–Trinajstić information content (AvgIpc) is 3.04. The van der Waals surface area contributed by atoms with Crippen LogP contribution in [0.1, 0.15) is 32.1 Å². The van der Waals surface area contributed by atoms with Crippen molar-refractivity contribution in [3.8, 4) is 5.75 Å². The number of halogens is 1. The largest absolute Gasteiger partial charge is 0.484 e. The van der Waals surface area contributed by atoms with Gasteiger partial charge < -0.3 is 20.9 Å². The molecule has 1 amide bonds. The Hall–Kier alpha value is -2.19. The van der Waals surface area contributed by atoms with E-state index >= 15 is 0 Å². The van der Waals surface area contributed by atoms with Crippen molar-refractivity contribution in [2.75, 3.05) is 6.61 Å². The van der Waals surface area contributed by atoms with Crippen LogP contribution in [-0.2, 0) is 4.79 Å². The predicted molar refractivity (Wildman–Crippen MR) is 88.4 cm³/mol. The van der Waals surface area contributed by atoms with Crippen LogP contribution in [-0.4, -0.2) is 45.0 Å². The van der Waals surface area contributed by atoms with Crippen molar-refractivity contribution in [2.24, 2.45) is 5.73 Å². The summed E-state index contributed by atoms with van der Waals surface area (Å²) in [6.07, 6.45) is 4.14. The summed E-state index contributed by atoms with van der Waals surface area (Å²) < 4.78 is 19.3. The van der Waals surface area contributed by atoms with Gasteiger partial charge in [0.25, 0.3) is 5.91 Å². The molecule has 0 unspecified atom stereocenters. The molecule has 3 saturated carbocycles. The second-order valence-corrected chi connectivity index (χ2v) is 7.31. The number of carbonyl (C=O) groups is 1. The van der Waals surface area contributed by atoms with Crippen LogP contribution in [0.3, 0.4) is 0 Å². The van der Waals surface area contributed by atoms with Crippen molar-refractivity contribution < 1.29 is 19.0 Å². The molecule has 1 aromatic carbocycles. The molecule has 5 N–H and O–H groups in total. The molecule has 3 aliphatic rings. The van der Waals surface area contributed by atoms with Gasteiger partial charge >= 0.3 is 0 Å². The summed E-state index contributed by atoms with van der Waals surface area (Å²) >= 11 is 0. The van der Waals surface area contributed by atoms with Crippen molar-refractivity contribution in [1.29, 1.82) is 0 Å². The van der Waals surface area contributed by atoms with Crippen LogP contribution in [0, 0.1) is 5.82 Å². The van der Waals surface area contributed by atoms with E-state index in [4.69, 9.17) is 10.5 Å². The Morgan fingerprint density at radius 3 is 2.92 bits per heavy atom. The first-order valence-electron chi connectivity index (χ1n) is 8.43. The minimum absolute atomic E-state index is 0.218. The van der Waals surface area contributed by atoms with Crippen LogP contribution in [0.15, 0.2) is 18.3 Å². The predicted octanol–water partition coefficient (Wildman–Crippen LogP) is 0.972. The van der Waals surface area contributed by atoms with E-state index in [9.17, 15) is 14.3 Å². The molecule has 7 nitrogen and oxygen atoms in total. The maximum Gasteiger partial charge on any atom is 0.258 e. The highest BCUT2D eigenvalue weighted by atomic mass is 19.1. The number of fused-ring (bicyclic) bond motifs is 4. The van der Waals surface area contributed by atoms with Crippen LogP contribution in [0.4, 0.5) is 4.39 Å². The number of amides is 1. The Balaban J connectivity index is 1.39. The number of rotatable bonds is 4. The molecule has 8 heteroatoms. The SMILES string of the molecule is NC12CCC(NC(=O)COc3cc(F)c4cn[nH]c4c3)(CC1)C[C@@H]2O. The molecule has 0 spiro atoms. The van der Waals surface area contributed by atoms with E-state index in [-0.39, 0.29) is 18.3 Å². The zero-order chi connectivity index (χ0) is 17.7. The number of ether oxygens (including phenoxy) is 1. The lowest BCUT2D eigenvalue weighted by molar-refractivity contribution is -0.128. The van der Waals surface area contributed by atoms with Gasteiger partial charge in [0.2, 0.25) is 0 Å². The molecule has 0 radical (unpaired) electrons. The van der Waals surface area contributed by atoms with Gasteiger partial charge in [-0.25, -0.2) is 4.39 Å². The van der Waals surface area contributed by atoms with Gasteiger partial charge in [0.15, 0.2) is 6.61 Å². The maximum atomic E-state index is 13.9. The summed E-state index contributed by atoms with van der Waals surface area (Å²) in [5.41, 5.74) is 5.76. The number of aliphatic hydroxyl groups is 1. The molecule has 1 aromatic heterocycles. The number of aromatic amines is 1. The minimum Gasteiger partial charge on any atom is -0.484 e. The van der Waals surface area contributed by atoms with Crippen molar-refractivity contribution in [2.45, 2.75) is 49.3 Å². The van der Waals surface area contributed by atoms with Gasteiger partial charge in [-0.3, -0.25) is 9.89 Å². The Morgan fingerprint density at radius 1 is 1.44 bits per heavy atom. The molecular weight excluding hydrogens is 327 g/mol. The van der Waals surface area contributed by atoms with Crippen molar-refractivity contribution >= 4 is 16.8 Å². The molecule has 5 rings (SSSR count). The quantitative estimate of drug-likeness (QED) is 0.658. The summed E-state index contributed by atoms with van der Waals surface area (Å²) in [5.74, 6) is -0.485. The molecule has 1 heterocycles. The third-order valence-electron chi connectivity index (χ3n) is 5.64. The van der Waals surface area contributed by atoms with Gasteiger partial charge in [0.1, 0.15) is 11.6 Å². The number of hydrogen-bond donors (Lipinski definition) is 4. The average molecular weight is 348 g/mol. The highest BCUT2D eigenvalue weighted by Gasteiger charge is 2.52. The number of H-pyrrole nitrogens is 1. The second-order valence-electron chi connectivity index (χ2n) is 7.31. The summed E-state index contributed by atoms with van der Waals surface area (Å²) in [4.78, 5) is 12.3. The van der Waals surface area contributed by atoms with E-state index < -0.39 is 23.0 Å². The molecule has 0 aliphatic heterocycles. The van der Waals surface area contributed by atoms with Crippen LogP contribution in [0.25, 0.3) is 10.9 Å². The van der Waals surface area contributed by atoms with Gasteiger partial charge in [-0.15, -0.1) is 0 Å². The van der Waals surface area contributed by atoms with Gasteiger partial charge in [0, 0.05) is 23.2 Å². The van der Waals surface area contributed by atoms with Crippen LogP contribution in [0.2, 0.25) is 0 Å². The fourth-order valence-corrected chi connectivity index (χ4v) is 4.03. The van der Waals surface area contributed by atoms with E-state index in [2.05, 4.69) is 15.5 Å². The summed E-state index contributed by atoms with van der Waals surface area (Å²) in [7, 11) is 0. The van der Waals surface area contributed by atoms with Crippen molar-refractivity contribution in [3.63, 3.8) is 0 Å². The monoisotopic (exact) mass is 348 g/mol. The fourth-order valence-electron chi connectivity index (χ4n) is 4.03. The lowest BCUT2D eigenvalue weighted by Crippen LogP contribution is -2.68. The van der Waals surface area contributed by atoms with Gasteiger partial charge in [-0.2, -0.15) is 5.10 Å². The van der Waals surface area contributed by atoms with Gasteiger partial charge in [-0.05, 0) is 32.1 Å². The first kappa shape index (κ1) is 16.3. The van der Waals surface area contributed by atoms with E-state index in [1.807, 2.05) is 0 Å². The highest BCUT2D eigenvalue weighted by Crippen LogP contribution is 2.45. The zero-order valence-corrected chi connectivity index (χ0v) is 13.7.